The highest BCUT2D eigenvalue weighted by atomic mass is 35.5. The minimum Gasteiger partial charge on any atom is -0.462 e. The van der Waals surface area contributed by atoms with Crippen LogP contribution in [0.4, 0.5) is 4.79 Å². The van der Waals surface area contributed by atoms with Crippen LogP contribution >= 0.6 is 11.6 Å². The van der Waals surface area contributed by atoms with E-state index in [0.29, 0.717) is 0 Å². The summed E-state index contributed by atoms with van der Waals surface area (Å²) in [5.41, 5.74) is -0.859. The predicted octanol–water partition coefficient (Wildman–Crippen LogP) is 1.73. The molecule has 0 aromatic carbocycles. The Kier molecular flexibility index (Phi) is 5.97. The number of esters is 1. The summed E-state index contributed by atoms with van der Waals surface area (Å²) in [6.07, 6.45) is 1.07. The fraction of sp³-hybridized carbons (Fsp3) is 0.500. The van der Waals surface area contributed by atoms with Gasteiger partial charge >= 0.3 is 11.4 Å². The molecule has 0 N–H and O–H groups in total. The first-order valence-electron chi connectivity index (χ1n) is 3.67. The van der Waals surface area contributed by atoms with Gasteiger partial charge in [-0.25, -0.2) is 9.59 Å². The summed E-state index contributed by atoms with van der Waals surface area (Å²) in [7, 11) is 0. The molecule has 0 aromatic rings. The van der Waals surface area contributed by atoms with Crippen molar-refractivity contribution in [3.05, 3.63) is 12.7 Å². The standard InChI is InChI=1S/C8H11ClO4/c1-3-7(10)12-4-6(2)5-13-8(9)11/h3,6H,1,4-5H2,2H3. The number of ether oxygens (including phenoxy) is 2. The molecule has 1 atom stereocenters. The Labute approximate surface area is 81.5 Å². The van der Waals surface area contributed by atoms with Gasteiger partial charge in [-0.1, -0.05) is 13.5 Å². The zero-order chi connectivity index (χ0) is 10.3. The summed E-state index contributed by atoms with van der Waals surface area (Å²) in [5, 5.41) is 0. The van der Waals surface area contributed by atoms with Crippen molar-refractivity contribution >= 4 is 23.0 Å². The summed E-state index contributed by atoms with van der Waals surface area (Å²) in [4.78, 5) is 20.7. The Balaban J connectivity index is 3.50. The lowest BCUT2D eigenvalue weighted by molar-refractivity contribution is -0.139. The maximum absolute atomic E-state index is 10.6. The van der Waals surface area contributed by atoms with Crippen LogP contribution in [0.2, 0.25) is 0 Å². The topological polar surface area (TPSA) is 52.6 Å². The number of hydrogen-bond donors (Lipinski definition) is 0. The Morgan fingerprint density at radius 1 is 1.46 bits per heavy atom. The SMILES string of the molecule is C=CC(=O)OCC(C)COC(=O)Cl. The molecule has 0 bridgehead atoms. The second-order valence-electron chi connectivity index (χ2n) is 2.49. The van der Waals surface area contributed by atoms with E-state index < -0.39 is 11.4 Å². The van der Waals surface area contributed by atoms with Gasteiger partial charge in [-0.3, -0.25) is 0 Å². The van der Waals surface area contributed by atoms with Crippen molar-refractivity contribution in [1.82, 2.24) is 0 Å². The Bertz CT molecular complexity index is 202. The molecule has 5 heteroatoms. The van der Waals surface area contributed by atoms with Crippen molar-refractivity contribution in [2.24, 2.45) is 5.92 Å². The first kappa shape index (κ1) is 12.0. The monoisotopic (exact) mass is 206 g/mol. The first-order chi connectivity index (χ1) is 6.06. The van der Waals surface area contributed by atoms with Gasteiger partial charge in [0.1, 0.15) is 0 Å². The molecule has 0 saturated heterocycles. The molecule has 0 aliphatic heterocycles. The molecule has 1 unspecified atom stereocenters. The van der Waals surface area contributed by atoms with E-state index in [0.717, 1.165) is 6.08 Å². The normalized spacial score (nSPS) is 11.5. The molecule has 13 heavy (non-hydrogen) atoms. The molecule has 0 fully saturated rings. The van der Waals surface area contributed by atoms with Crippen LogP contribution in [0, 0.1) is 5.92 Å². The smallest absolute Gasteiger partial charge is 0.403 e. The van der Waals surface area contributed by atoms with Crippen LogP contribution in [0.25, 0.3) is 0 Å². The van der Waals surface area contributed by atoms with E-state index in [1.807, 2.05) is 0 Å². The Hall–Kier alpha value is -1.03. The number of carbonyl (C=O) groups is 2. The van der Waals surface area contributed by atoms with Gasteiger partial charge in [0.15, 0.2) is 0 Å². The number of rotatable bonds is 5. The lowest BCUT2D eigenvalue weighted by Crippen LogP contribution is -2.15. The summed E-state index contributed by atoms with van der Waals surface area (Å²) in [6.45, 7) is 5.30. The van der Waals surface area contributed by atoms with Crippen LogP contribution < -0.4 is 0 Å². The maximum atomic E-state index is 10.6. The lowest BCUT2D eigenvalue weighted by atomic mass is 10.2. The molecule has 0 radical (unpaired) electrons. The van der Waals surface area contributed by atoms with Gasteiger partial charge in [0.25, 0.3) is 0 Å². The fourth-order valence-electron chi connectivity index (χ4n) is 0.539. The summed E-state index contributed by atoms with van der Waals surface area (Å²) in [6, 6.07) is 0. The van der Waals surface area contributed by atoms with Crippen molar-refractivity contribution in [2.75, 3.05) is 13.2 Å². The van der Waals surface area contributed by atoms with Gasteiger partial charge in [-0.2, -0.15) is 0 Å². The quantitative estimate of drug-likeness (QED) is 0.391. The third-order valence-electron chi connectivity index (χ3n) is 1.16. The minimum absolute atomic E-state index is 0.0772. The molecule has 74 valence electrons. The largest absolute Gasteiger partial charge is 0.462 e. The summed E-state index contributed by atoms with van der Waals surface area (Å²) in [5.74, 6) is -0.573. The molecule has 0 heterocycles. The van der Waals surface area contributed by atoms with E-state index >= 15 is 0 Å². The molecule has 0 saturated carbocycles. The van der Waals surface area contributed by atoms with Gasteiger partial charge in [0.05, 0.1) is 13.2 Å². The number of halogens is 1. The lowest BCUT2D eigenvalue weighted by Gasteiger charge is -2.09. The van der Waals surface area contributed by atoms with E-state index in [2.05, 4.69) is 11.3 Å². The number of hydrogen-bond acceptors (Lipinski definition) is 4. The fourth-order valence-corrected chi connectivity index (χ4v) is 0.602. The van der Waals surface area contributed by atoms with E-state index in [1.54, 1.807) is 6.92 Å². The average molecular weight is 207 g/mol. The van der Waals surface area contributed by atoms with Gasteiger partial charge in [0.2, 0.25) is 0 Å². The molecule has 0 aliphatic carbocycles. The second kappa shape index (κ2) is 6.48. The summed E-state index contributed by atoms with van der Waals surface area (Å²) < 4.78 is 9.17. The third kappa shape index (κ3) is 7.33. The zero-order valence-electron chi connectivity index (χ0n) is 7.29. The van der Waals surface area contributed by atoms with E-state index in [4.69, 9.17) is 16.3 Å². The van der Waals surface area contributed by atoms with Crippen molar-refractivity contribution in [3.8, 4) is 0 Å². The number of carbonyl (C=O) groups excluding carboxylic acids is 2. The van der Waals surface area contributed by atoms with Gasteiger partial charge in [-0.15, -0.1) is 0 Å². The van der Waals surface area contributed by atoms with Gasteiger partial charge < -0.3 is 9.47 Å². The minimum atomic E-state index is -0.859. The highest BCUT2D eigenvalue weighted by Gasteiger charge is 2.07. The predicted molar refractivity (Wildman–Crippen MR) is 47.5 cm³/mol. The molecule has 0 aliphatic rings. The van der Waals surface area contributed by atoms with Crippen LogP contribution in [0.3, 0.4) is 0 Å². The van der Waals surface area contributed by atoms with Crippen LogP contribution in [0.1, 0.15) is 6.92 Å². The zero-order valence-corrected chi connectivity index (χ0v) is 8.04. The Morgan fingerprint density at radius 3 is 2.46 bits per heavy atom. The highest BCUT2D eigenvalue weighted by molar-refractivity contribution is 6.61. The van der Waals surface area contributed by atoms with Crippen molar-refractivity contribution in [2.45, 2.75) is 6.92 Å². The van der Waals surface area contributed by atoms with Crippen LogP contribution in [-0.2, 0) is 14.3 Å². The van der Waals surface area contributed by atoms with Crippen molar-refractivity contribution < 1.29 is 19.1 Å². The molecular weight excluding hydrogens is 196 g/mol. The third-order valence-corrected chi connectivity index (χ3v) is 1.27. The first-order valence-corrected chi connectivity index (χ1v) is 4.05. The van der Waals surface area contributed by atoms with Crippen molar-refractivity contribution in [3.63, 3.8) is 0 Å². The van der Waals surface area contributed by atoms with Crippen LogP contribution in [0.5, 0.6) is 0 Å². The van der Waals surface area contributed by atoms with E-state index in [-0.39, 0.29) is 19.1 Å². The second-order valence-corrected chi connectivity index (χ2v) is 2.80. The van der Waals surface area contributed by atoms with Crippen molar-refractivity contribution in [1.29, 1.82) is 0 Å². The van der Waals surface area contributed by atoms with E-state index in [1.165, 1.54) is 0 Å². The highest BCUT2D eigenvalue weighted by Crippen LogP contribution is 1.99. The molecular formula is C8H11ClO4. The maximum Gasteiger partial charge on any atom is 0.403 e. The molecule has 0 amide bonds. The molecule has 0 aromatic heterocycles. The molecule has 4 nitrogen and oxygen atoms in total. The Morgan fingerprint density at radius 2 is 2.00 bits per heavy atom. The average Bonchev–Trinajstić information content (AvgIpc) is 2.10. The van der Waals surface area contributed by atoms with Crippen LogP contribution in [-0.4, -0.2) is 24.6 Å². The summed E-state index contributed by atoms with van der Waals surface area (Å²) >= 11 is 4.93. The van der Waals surface area contributed by atoms with Gasteiger partial charge in [0, 0.05) is 23.6 Å². The van der Waals surface area contributed by atoms with E-state index in [9.17, 15) is 9.59 Å². The molecule has 0 spiro atoms. The van der Waals surface area contributed by atoms with Gasteiger partial charge in [-0.05, 0) is 0 Å². The van der Waals surface area contributed by atoms with Crippen LogP contribution in [0.15, 0.2) is 12.7 Å². The molecule has 0 rings (SSSR count).